The molecule has 0 bridgehead atoms. The number of non-ortho nitro benzene ring substituents is 1. The molecule has 0 spiro atoms. The smallest absolute Gasteiger partial charge is 0.269 e. The lowest BCUT2D eigenvalue weighted by Crippen LogP contribution is -2.00. The monoisotopic (exact) mass is 483 g/mol. The minimum atomic E-state index is -0.454. The molecule has 0 aliphatic carbocycles. The van der Waals surface area contributed by atoms with Crippen molar-refractivity contribution in [3.05, 3.63) is 67.6 Å². The molecule has 9 heteroatoms. The quantitative estimate of drug-likeness (QED) is 0.242. The number of rotatable bonds is 8. The molecule has 0 unspecified atom stereocenters. The van der Waals surface area contributed by atoms with Gasteiger partial charge in [-0.25, -0.2) is 0 Å². The number of nitro groups is 1. The largest absolute Gasteiger partial charge is 0.493 e. The number of benzene rings is 2. The van der Waals surface area contributed by atoms with Crippen molar-refractivity contribution < 1.29 is 14.4 Å². The number of ether oxygens (including phenoxy) is 2. The predicted octanol–water partition coefficient (Wildman–Crippen LogP) is 5.14. The molecule has 2 aromatic rings. The van der Waals surface area contributed by atoms with Gasteiger partial charge in [0.25, 0.3) is 5.69 Å². The van der Waals surface area contributed by atoms with Gasteiger partial charge in [0.2, 0.25) is 0 Å². The van der Waals surface area contributed by atoms with Gasteiger partial charge in [0.05, 0.1) is 28.4 Å². The van der Waals surface area contributed by atoms with Crippen LogP contribution in [0.25, 0.3) is 0 Å². The third-order valence-electron chi connectivity index (χ3n) is 3.20. The van der Waals surface area contributed by atoms with E-state index < -0.39 is 4.92 Å². The first-order valence-electron chi connectivity index (χ1n) is 7.31. The first-order chi connectivity index (χ1) is 12.5. The number of hydrazone groups is 1. The Balaban J connectivity index is 2.20. The Labute approximate surface area is 167 Å². The van der Waals surface area contributed by atoms with E-state index in [9.17, 15) is 10.1 Å². The molecule has 0 fully saturated rings. The van der Waals surface area contributed by atoms with Crippen LogP contribution in [-0.4, -0.2) is 24.9 Å². The normalized spacial score (nSPS) is 10.6. The van der Waals surface area contributed by atoms with Gasteiger partial charge in [0.15, 0.2) is 11.5 Å². The van der Waals surface area contributed by atoms with Crippen LogP contribution in [0.2, 0.25) is 0 Å². The summed E-state index contributed by atoms with van der Waals surface area (Å²) in [6, 6.07) is 7.73. The molecule has 0 atom stereocenters. The third-order valence-corrected chi connectivity index (χ3v) is 5.34. The molecule has 1 N–H and O–H groups in total. The van der Waals surface area contributed by atoms with E-state index in [2.05, 4.69) is 49.0 Å². The van der Waals surface area contributed by atoms with Gasteiger partial charge in [-0.2, -0.15) is 5.10 Å². The third kappa shape index (κ3) is 4.83. The lowest BCUT2D eigenvalue weighted by atomic mass is 10.2. The van der Waals surface area contributed by atoms with Crippen LogP contribution in [0.5, 0.6) is 11.5 Å². The van der Waals surface area contributed by atoms with E-state index >= 15 is 0 Å². The van der Waals surface area contributed by atoms with E-state index in [0.29, 0.717) is 28.3 Å². The molecule has 0 saturated heterocycles. The molecule has 0 aliphatic heterocycles. The molecule has 2 aromatic carbocycles. The predicted molar refractivity (Wildman–Crippen MR) is 108 cm³/mol. The van der Waals surface area contributed by atoms with E-state index in [-0.39, 0.29) is 5.69 Å². The van der Waals surface area contributed by atoms with E-state index in [1.807, 2.05) is 0 Å². The molecule has 0 aliphatic rings. The maximum absolute atomic E-state index is 10.7. The van der Waals surface area contributed by atoms with Gasteiger partial charge in [-0.3, -0.25) is 15.5 Å². The summed E-state index contributed by atoms with van der Waals surface area (Å²) in [6.07, 6.45) is 3.24. The van der Waals surface area contributed by atoms with Crippen LogP contribution in [0.1, 0.15) is 5.56 Å². The van der Waals surface area contributed by atoms with E-state index in [1.54, 1.807) is 37.6 Å². The molecule has 26 heavy (non-hydrogen) atoms. The number of nitrogens with one attached hydrogen (secondary N) is 1. The number of hydrogen-bond acceptors (Lipinski definition) is 6. The fraction of sp³-hybridized carbons (Fsp3) is 0.118. The van der Waals surface area contributed by atoms with E-state index in [0.717, 1.165) is 10.0 Å². The zero-order valence-electron chi connectivity index (χ0n) is 13.7. The highest BCUT2D eigenvalue weighted by Gasteiger charge is 2.16. The van der Waals surface area contributed by atoms with Crippen molar-refractivity contribution in [2.75, 3.05) is 19.1 Å². The van der Waals surface area contributed by atoms with Crippen molar-refractivity contribution in [2.24, 2.45) is 5.10 Å². The maximum atomic E-state index is 10.7. The Hall–Kier alpha value is -2.39. The summed E-state index contributed by atoms with van der Waals surface area (Å²) in [5.74, 6) is 1.10. The van der Waals surface area contributed by atoms with Crippen LogP contribution in [-0.2, 0) is 0 Å². The van der Waals surface area contributed by atoms with Crippen LogP contribution >= 0.6 is 31.9 Å². The standard InChI is InChI=1S/C17H15Br2N3O4/c1-3-8-26-17-14(25-2)9-11(15(18)16(17)19)10-20-21-12-4-6-13(7-5-12)22(23)24/h3-7,9-10,21H,1,8H2,2H3/b20-10-. The first kappa shape index (κ1) is 19.9. The molecule has 0 saturated carbocycles. The fourth-order valence-electron chi connectivity index (χ4n) is 1.96. The highest BCUT2D eigenvalue weighted by Crippen LogP contribution is 2.42. The highest BCUT2D eigenvalue weighted by molar-refractivity contribution is 9.13. The Kier molecular flexibility index (Phi) is 7.16. The molecule has 2 rings (SSSR count). The van der Waals surface area contributed by atoms with Gasteiger partial charge in [-0.15, -0.1) is 0 Å². The van der Waals surface area contributed by atoms with Crippen LogP contribution < -0.4 is 14.9 Å². The average molecular weight is 485 g/mol. The summed E-state index contributed by atoms with van der Waals surface area (Å²) < 4.78 is 12.4. The highest BCUT2D eigenvalue weighted by atomic mass is 79.9. The number of methoxy groups -OCH3 is 1. The van der Waals surface area contributed by atoms with Gasteiger partial charge in [0.1, 0.15) is 6.61 Å². The number of halogens is 2. The zero-order chi connectivity index (χ0) is 19.1. The molecule has 0 aromatic heterocycles. The second-order valence-corrected chi connectivity index (χ2v) is 6.48. The van der Waals surface area contributed by atoms with Crippen LogP contribution in [0, 0.1) is 10.1 Å². The minimum Gasteiger partial charge on any atom is -0.493 e. The lowest BCUT2D eigenvalue weighted by molar-refractivity contribution is -0.384. The van der Waals surface area contributed by atoms with Gasteiger partial charge < -0.3 is 9.47 Å². The topological polar surface area (TPSA) is 86.0 Å². The van der Waals surface area contributed by atoms with E-state index in [4.69, 9.17) is 9.47 Å². The van der Waals surface area contributed by atoms with Crippen LogP contribution in [0.4, 0.5) is 11.4 Å². The summed E-state index contributed by atoms with van der Waals surface area (Å²) in [7, 11) is 1.55. The maximum Gasteiger partial charge on any atom is 0.269 e. The molecular weight excluding hydrogens is 470 g/mol. The molecule has 0 heterocycles. The molecular formula is C17H15Br2N3O4. The lowest BCUT2D eigenvalue weighted by Gasteiger charge is -2.14. The van der Waals surface area contributed by atoms with Gasteiger partial charge in [-0.1, -0.05) is 12.7 Å². The summed E-state index contributed by atoms with van der Waals surface area (Å²) in [4.78, 5) is 10.2. The van der Waals surface area contributed by atoms with Crippen molar-refractivity contribution in [3.63, 3.8) is 0 Å². The SMILES string of the molecule is C=CCOc1c(OC)cc(/C=N\Nc2ccc([N+](=O)[O-])cc2)c(Br)c1Br. The number of anilines is 1. The number of nitrogens with zero attached hydrogens (tertiary/aromatic N) is 2. The zero-order valence-corrected chi connectivity index (χ0v) is 16.9. The van der Waals surface area contributed by atoms with Crippen LogP contribution in [0.3, 0.4) is 0 Å². The van der Waals surface area contributed by atoms with Crippen molar-refractivity contribution in [1.82, 2.24) is 0 Å². The summed E-state index contributed by atoms with van der Waals surface area (Å²) in [5.41, 5.74) is 4.21. The van der Waals surface area contributed by atoms with Crippen molar-refractivity contribution >= 4 is 49.4 Å². The molecule has 136 valence electrons. The molecule has 0 amide bonds. The Bertz CT molecular complexity index is 839. The molecule has 0 radical (unpaired) electrons. The number of hydrogen-bond donors (Lipinski definition) is 1. The Morgan fingerprint density at radius 3 is 2.58 bits per heavy atom. The fourth-order valence-corrected chi connectivity index (χ4v) is 2.90. The summed E-state index contributed by atoms with van der Waals surface area (Å²) in [5, 5.41) is 14.8. The Morgan fingerprint density at radius 2 is 2.00 bits per heavy atom. The summed E-state index contributed by atoms with van der Waals surface area (Å²) >= 11 is 6.98. The van der Waals surface area contributed by atoms with Crippen molar-refractivity contribution in [1.29, 1.82) is 0 Å². The van der Waals surface area contributed by atoms with Crippen molar-refractivity contribution in [2.45, 2.75) is 0 Å². The second-order valence-electron chi connectivity index (χ2n) is 4.90. The second kappa shape index (κ2) is 9.35. The average Bonchev–Trinajstić information content (AvgIpc) is 2.64. The van der Waals surface area contributed by atoms with Gasteiger partial charge in [-0.05, 0) is 50.1 Å². The summed E-state index contributed by atoms with van der Waals surface area (Å²) in [6.45, 7) is 3.97. The van der Waals surface area contributed by atoms with Crippen molar-refractivity contribution in [3.8, 4) is 11.5 Å². The molecule has 7 nitrogen and oxygen atoms in total. The minimum absolute atomic E-state index is 0.0195. The first-order valence-corrected chi connectivity index (χ1v) is 8.89. The Morgan fingerprint density at radius 1 is 1.31 bits per heavy atom. The van der Waals surface area contributed by atoms with Crippen LogP contribution in [0.15, 0.2) is 57.0 Å². The van der Waals surface area contributed by atoms with Gasteiger partial charge in [0, 0.05) is 22.2 Å². The van der Waals surface area contributed by atoms with Gasteiger partial charge >= 0.3 is 0 Å². The number of nitro benzene ring substituents is 1. The van der Waals surface area contributed by atoms with E-state index in [1.165, 1.54) is 12.1 Å².